The van der Waals surface area contributed by atoms with Gasteiger partial charge in [0.1, 0.15) is 0 Å². The van der Waals surface area contributed by atoms with Gasteiger partial charge in [-0.25, -0.2) is 8.42 Å². The SMILES string of the molecule is CCCCN(/C=C(\Br)C(=O)c1ccccc1)S(=O)(=O)c1ccc(C)cc1. The molecule has 2 rings (SSSR count). The molecule has 0 atom stereocenters. The molecule has 0 aliphatic carbocycles. The van der Waals surface area contributed by atoms with Crippen molar-refractivity contribution >= 4 is 31.7 Å². The summed E-state index contributed by atoms with van der Waals surface area (Å²) in [5, 5.41) is 0. The number of Topliss-reactive ketones (excluding diaryl/α,β-unsaturated/α-hetero) is 1. The summed E-state index contributed by atoms with van der Waals surface area (Å²) in [6.45, 7) is 4.20. The Balaban J connectivity index is 2.37. The van der Waals surface area contributed by atoms with Gasteiger partial charge < -0.3 is 0 Å². The van der Waals surface area contributed by atoms with Crippen LogP contribution in [-0.4, -0.2) is 25.1 Å². The number of aryl methyl sites for hydroxylation is 1. The minimum atomic E-state index is -3.73. The summed E-state index contributed by atoms with van der Waals surface area (Å²) >= 11 is 3.25. The van der Waals surface area contributed by atoms with Crippen LogP contribution < -0.4 is 0 Å². The van der Waals surface area contributed by atoms with Crippen molar-refractivity contribution in [3.63, 3.8) is 0 Å². The van der Waals surface area contributed by atoms with E-state index in [4.69, 9.17) is 0 Å². The summed E-state index contributed by atoms with van der Waals surface area (Å²) in [4.78, 5) is 12.7. The molecule has 2 aromatic rings. The first-order chi connectivity index (χ1) is 12.4. The van der Waals surface area contributed by atoms with Gasteiger partial charge in [0.05, 0.1) is 9.38 Å². The zero-order chi connectivity index (χ0) is 19.2. The number of carbonyl (C=O) groups excluding carboxylic acids is 1. The lowest BCUT2D eigenvalue weighted by molar-refractivity contribution is 0.104. The lowest BCUT2D eigenvalue weighted by Crippen LogP contribution is -2.28. The summed E-state index contributed by atoms with van der Waals surface area (Å²) in [5.74, 6) is -0.258. The van der Waals surface area contributed by atoms with E-state index in [2.05, 4.69) is 15.9 Å². The Morgan fingerprint density at radius 2 is 1.69 bits per heavy atom. The normalized spacial score (nSPS) is 12.0. The van der Waals surface area contributed by atoms with E-state index in [1.54, 1.807) is 48.5 Å². The van der Waals surface area contributed by atoms with Crippen molar-refractivity contribution in [3.8, 4) is 0 Å². The summed E-state index contributed by atoms with van der Waals surface area (Å²) in [6.07, 6.45) is 2.92. The number of unbranched alkanes of at least 4 members (excludes halogenated alkanes) is 1. The monoisotopic (exact) mass is 435 g/mol. The topological polar surface area (TPSA) is 54.5 Å². The second kappa shape index (κ2) is 9.14. The van der Waals surface area contributed by atoms with Crippen molar-refractivity contribution in [2.24, 2.45) is 0 Å². The third-order valence-corrected chi connectivity index (χ3v) is 6.21. The van der Waals surface area contributed by atoms with Gasteiger partial charge in [-0.2, -0.15) is 0 Å². The standard InChI is InChI=1S/C20H22BrNO3S/c1-3-4-14-22(26(24,25)18-12-10-16(2)11-13-18)15-19(21)20(23)17-8-6-5-7-9-17/h5-13,15H,3-4,14H2,1-2H3/b19-15-. The number of sulfonamides is 1. The summed E-state index contributed by atoms with van der Waals surface area (Å²) in [7, 11) is -3.73. The Bertz CT molecular complexity index is 875. The van der Waals surface area contributed by atoms with Gasteiger partial charge in [-0.3, -0.25) is 9.10 Å². The van der Waals surface area contributed by atoms with Gasteiger partial charge >= 0.3 is 0 Å². The molecule has 138 valence electrons. The number of benzene rings is 2. The van der Waals surface area contributed by atoms with Crippen molar-refractivity contribution in [3.05, 3.63) is 76.4 Å². The Morgan fingerprint density at radius 3 is 2.27 bits per heavy atom. The molecule has 0 aliphatic heterocycles. The van der Waals surface area contributed by atoms with Crippen LogP contribution in [-0.2, 0) is 10.0 Å². The Kier molecular flexibility index (Phi) is 7.17. The quantitative estimate of drug-likeness (QED) is 0.437. The predicted molar refractivity (Wildman–Crippen MR) is 108 cm³/mol. The van der Waals surface area contributed by atoms with Gasteiger partial charge in [0.2, 0.25) is 5.78 Å². The number of nitrogens with zero attached hydrogens (tertiary/aromatic N) is 1. The fourth-order valence-corrected chi connectivity index (χ4v) is 4.30. The molecule has 0 saturated carbocycles. The van der Waals surface area contributed by atoms with Gasteiger partial charge in [0.25, 0.3) is 10.0 Å². The van der Waals surface area contributed by atoms with E-state index in [0.29, 0.717) is 18.5 Å². The first-order valence-electron chi connectivity index (χ1n) is 8.42. The average Bonchev–Trinajstić information content (AvgIpc) is 2.65. The zero-order valence-corrected chi connectivity index (χ0v) is 17.3. The van der Waals surface area contributed by atoms with Gasteiger partial charge in [-0.15, -0.1) is 0 Å². The maximum Gasteiger partial charge on any atom is 0.263 e. The first kappa shape index (κ1) is 20.4. The number of hydrogen-bond acceptors (Lipinski definition) is 3. The molecule has 0 fully saturated rings. The third-order valence-electron chi connectivity index (χ3n) is 3.87. The molecule has 2 aromatic carbocycles. The minimum Gasteiger partial charge on any atom is -0.288 e. The molecule has 0 radical (unpaired) electrons. The van der Waals surface area contributed by atoms with E-state index in [9.17, 15) is 13.2 Å². The molecule has 0 spiro atoms. The maximum atomic E-state index is 13.0. The maximum absolute atomic E-state index is 13.0. The van der Waals surface area contributed by atoms with Crippen molar-refractivity contribution in [2.75, 3.05) is 6.54 Å². The summed E-state index contributed by atoms with van der Waals surface area (Å²) in [6, 6.07) is 15.5. The Morgan fingerprint density at radius 1 is 1.08 bits per heavy atom. The number of halogens is 1. The van der Waals surface area contributed by atoms with Crippen LogP contribution in [0.4, 0.5) is 0 Å². The largest absolute Gasteiger partial charge is 0.288 e. The van der Waals surface area contributed by atoms with Crippen molar-refractivity contribution in [1.29, 1.82) is 0 Å². The molecule has 0 amide bonds. The number of hydrogen-bond donors (Lipinski definition) is 0. The minimum absolute atomic E-state index is 0.204. The molecule has 0 N–H and O–H groups in total. The van der Waals surface area contributed by atoms with Crippen LogP contribution in [0.15, 0.2) is 70.2 Å². The highest BCUT2D eigenvalue weighted by atomic mass is 79.9. The summed E-state index contributed by atoms with van der Waals surface area (Å²) < 4.78 is 27.4. The van der Waals surface area contributed by atoms with Crippen molar-refractivity contribution in [1.82, 2.24) is 4.31 Å². The molecule has 0 aromatic heterocycles. The molecule has 0 bridgehead atoms. The average molecular weight is 436 g/mol. The van der Waals surface area contributed by atoms with E-state index >= 15 is 0 Å². The van der Waals surface area contributed by atoms with Crippen LogP contribution in [0.5, 0.6) is 0 Å². The summed E-state index contributed by atoms with van der Waals surface area (Å²) in [5.41, 5.74) is 1.49. The van der Waals surface area contributed by atoms with E-state index < -0.39 is 10.0 Å². The van der Waals surface area contributed by atoms with E-state index in [1.807, 2.05) is 19.9 Å². The highest BCUT2D eigenvalue weighted by molar-refractivity contribution is 9.12. The zero-order valence-electron chi connectivity index (χ0n) is 14.9. The van der Waals surface area contributed by atoms with Crippen LogP contribution in [0.2, 0.25) is 0 Å². The van der Waals surface area contributed by atoms with Crippen LogP contribution >= 0.6 is 15.9 Å². The number of rotatable bonds is 8. The van der Waals surface area contributed by atoms with Crippen molar-refractivity contribution < 1.29 is 13.2 Å². The highest BCUT2D eigenvalue weighted by Gasteiger charge is 2.23. The molecule has 0 unspecified atom stereocenters. The fraction of sp³-hybridized carbons (Fsp3) is 0.250. The lowest BCUT2D eigenvalue weighted by atomic mass is 10.1. The molecule has 4 nitrogen and oxygen atoms in total. The van der Waals surface area contributed by atoms with Gasteiger partial charge in [0, 0.05) is 18.3 Å². The molecule has 0 heterocycles. The van der Waals surface area contributed by atoms with E-state index in [-0.39, 0.29) is 15.2 Å². The molecular weight excluding hydrogens is 414 g/mol. The smallest absolute Gasteiger partial charge is 0.263 e. The Labute approximate surface area is 163 Å². The van der Waals surface area contributed by atoms with Gasteiger partial charge in [0.15, 0.2) is 0 Å². The molecular formula is C20H22BrNO3S. The van der Waals surface area contributed by atoms with Crippen LogP contribution in [0.3, 0.4) is 0 Å². The van der Waals surface area contributed by atoms with Crippen LogP contribution in [0.1, 0.15) is 35.7 Å². The number of allylic oxidation sites excluding steroid dienone is 1. The van der Waals surface area contributed by atoms with Gasteiger partial charge in [-0.05, 0) is 41.4 Å². The second-order valence-electron chi connectivity index (χ2n) is 5.95. The number of carbonyl (C=O) groups is 1. The fourth-order valence-electron chi connectivity index (χ4n) is 2.33. The number of ketones is 1. The first-order valence-corrected chi connectivity index (χ1v) is 10.6. The highest BCUT2D eigenvalue weighted by Crippen LogP contribution is 2.22. The lowest BCUT2D eigenvalue weighted by Gasteiger charge is -2.21. The second-order valence-corrected chi connectivity index (χ2v) is 8.70. The van der Waals surface area contributed by atoms with Gasteiger partial charge in [-0.1, -0.05) is 61.4 Å². The molecule has 26 heavy (non-hydrogen) atoms. The molecule has 0 saturated heterocycles. The predicted octanol–water partition coefficient (Wildman–Crippen LogP) is 4.91. The van der Waals surface area contributed by atoms with Crippen LogP contribution in [0.25, 0.3) is 0 Å². The van der Waals surface area contributed by atoms with E-state index in [1.165, 1.54) is 10.5 Å². The van der Waals surface area contributed by atoms with Crippen molar-refractivity contribution in [2.45, 2.75) is 31.6 Å². The molecule has 0 aliphatic rings. The van der Waals surface area contributed by atoms with Crippen LogP contribution in [0, 0.1) is 6.92 Å². The Hall–Kier alpha value is -1.92. The third kappa shape index (κ3) is 5.05. The van der Waals surface area contributed by atoms with E-state index in [0.717, 1.165) is 12.0 Å². The molecule has 6 heteroatoms.